The van der Waals surface area contributed by atoms with Gasteiger partial charge in [-0.25, -0.2) is 9.18 Å². The van der Waals surface area contributed by atoms with E-state index < -0.39 is 5.97 Å². The summed E-state index contributed by atoms with van der Waals surface area (Å²) in [6, 6.07) is 8.60. The molecule has 0 radical (unpaired) electrons. The third-order valence-corrected chi connectivity index (χ3v) is 3.33. The summed E-state index contributed by atoms with van der Waals surface area (Å²) in [5, 5.41) is 9.58. The average molecular weight is 309 g/mol. The average Bonchev–Trinajstić information content (AvgIpc) is 2.43. The predicted molar refractivity (Wildman–Crippen MR) is 81.9 cm³/mol. The molecular formula is C15H14ClFN2O2. The maximum Gasteiger partial charge on any atom is 0.337 e. The Labute approximate surface area is 126 Å². The molecule has 110 valence electrons. The molecular weight excluding hydrogens is 295 g/mol. The molecule has 2 aromatic rings. The van der Waals surface area contributed by atoms with E-state index in [1.807, 2.05) is 6.92 Å². The van der Waals surface area contributed by atoms with E-state index in [1.54, 1.807) is 17.0 Å². The van der Waals surface area contributed by atoms with Crippen molar-refractivity contribution in [1.29, 1.82) is 0 Å². The van der Waals surface area contributed by atoms with E-state index >= 15 is 0 Å². The third kappa shape index (κ3) is 3.08. The monoisotopic (exact) mass is 308 g/mol. The Morgan fingerprint density at radius 1 is 1.33 bits per heavy atom. The first-order chi connectivity index (χ1) is 9.93. The third-order valence-electron chi connectivity index (χ3n) is 3.04. The highest BCUT2D eigenvalue weighted by Gasteiger charge is 2.20. The number of anilines is 3. The highest BCUT2D eigenvalue weighted by molar-refractivity contribution is 6.34. The molecule has 3 N–H and O–H groups in total. The normalized spacial score (nSPS) is 10.4. The lowest BCUT2D eigenvalue weighted by atomic mass is 10.1. The summed E-state index contributed by atoms with van der Waals surface area (Å²) >= 11 is 6.17. The van der Waals surface area contributed by atoms with Crippen molar-refractivity contribution in [3.63, 3.8) is 0 Å². The molecule has 0 spiro atoms. The number of benzene rings is 2. The van der Waals surface area contributed by atoms with Crippen LogP contribution in [0.4, 0.5) is 21.5 Å². The van der Waals surface area contributed by atoms with Gasteiger partial charge in [0.2, 0.25) is 0 Å². The van der Waals surface area contributed by atoms with Crippen LogP contribution in [0.15, 0.2) is 36.4 Å². The van der Waals surface area contributed by atoms with Crippen LogP contribution < -0.4 is 10.6 Å². The molecule has 0 bridgehead atoms. The smallest absolute Gasteiger partial charge is 0.337 e. The number of nitrogen functional groups attached to an aromatic ring is 1. The standard InChI is InChI=1S/C15H14ClFN2O2/c1-2-19(11-5-3-9(17)4-6-11)14-12(15(20)21)7-10(18)8-13(14)16/h3-8H,2,18H2,1H3,(H,20,21). The van der Waals surface area contributed by atoms with Crippen LogP contribution in [0, 0.1) is 5.82 Å². The molecule has 0 aliphatic carbocycles. The Hall–Kier alpha value is -2.27. The SMILES string of the molecule is CCN(c1ccc(F)cc1)c1c(Cl)cc(N)cc1C(=O)O. The minimum absolute atomic E-state index is 0.00572. The van der Waals surface area contributed by atoms with E-state index in [1.165, 1.54) is 24.3 Å². The van der Waals surface area contributed by atoms with E-state index in [4.69, 9.17) is 17.3 Å². The van der Waals surface area contributed by atoms with Crippen molar-refractivity contribution >= 4 is 34.6 Å². The van der Waals surface area contributed by atoms with E-state index in [-0.39, 0.29) is 22.1 Å². The number of halogens is 2. The van der Waals surface area contributed by atoms with Crippen molar-refractivity contribution in [2.45, 2.75) is 6.92 Å². The molecule has 2 rings (SSSR count). The number of carbonyl (C=O) groups is 1. The van der Waals surface area contributed by atoms with E-state index in [0.29, 0.717) is 17.9 Å². The van der Waals surface area contributed by atoms with E-state index in [0.717, 1.165) is 0 Å². The van der Waals surface area contributed by atoms with Crippen LogP contribution in [0.5, 0.6) is 0 Å². The lowest BCUT2D eigenvalue weighted by Crippen LogP contribution is -2.20. The van der Waals surface area contributed by atoms with Gasteiger partial charge in [-0.1, -0.05) is 11.6 Å². The molecule has 0 saturated carbocycles. The number of carboxylic acids is 1. The molecule has 21 heavy (non-hydrogen) atoms. The van der Waals surface area contributed by atoms with Gasteiger partial charge in [0.05, 0.1) is 16.3 Å². The first-order valence-corrected chi connectivity index (χ1v) is 6.67. The quantitative estimate of drug-likeness (QED) is 0.840. The Morgan fingerprint density at radius 2 is 1.95 bits per heavy atom. The van der Waals surface area contributed by atoms with Crippen LogP contribution in [0.2, 0.25) is 5.02 Å². The number of nitrogens with two attached hydrogens (primary N) is 1. The minimum Gasteiger partial charge on any atom is -0.478 e. The lowest BCUT2D eigenvalue weighted by Gasteiger charge is -2.26. The zero-order chi connectivity index (χ0) is 15.6. The molecule has 0 atom stereocenters. The number of hydrogen-bond donors (Lipinski definition) is 2. The number of rotatable bonds is 4. The lowest BCUT2D eigenvalue weighted by molar-refractivity contribution is 0.0697. The first kappa shape index (κ1) is 15.1. The zero-order valence-electron chi connectivity index (χ0n) is 11.3. The second-order valence-electron chi connectivity index (χ2n) is 4.42. The fourth-order valence-electron chi connectivity index (χ4n) is 2.15. The van der Waals surface area contributed by atoms with Crippen LogP contribution in [-0.4, -0.2) is 17.6 Å². The summed E-state index contributed by atoms with van der Waals surface area (Å²) in [6.07, 6.45) is 0. The van der Waals surface area contributed by atoms with Crippen LogP contribution in [-0.2, 0) is 0 Å². The Kier molecular flexibility index (Phi) is 4.33. The fraction of sp³-hybridized carbons (Fsp3) is 0.133. The Balaban J connectivity index is 2.62. The summed E-state index contributed by atoms with van der Waals surface area (Å²) in [4.78, 5) is 13.1. The molecule has 2 aromatic carbocycles. The number of carboxylic acid groups (broad SMARTS) is 1. The zero-order valence-corrected chi connectivity index (χ0v) is 12.1. The van der Waals surface area contributed by atoms with Crippen molar-refractivity contribution in [2.75, 3.05) is 17.2 Å². The summed E-state index contributed by atoms with van der Waals surface area (Å²) in [5.74, 6) is -1.49. The van der Waals surface area contributed by atoms with Gasteiger partial charge >= 0.3 is 5.97 Å². The van der Waals surface area contributed by atoms with Gasteiger partial charge in [-0.3, -0.25) is 0 Å². The second-order valence-corrected chi connectivity index (χ2v) is 4.83. The molecule has 0 unspecified atom stereocenters. The maximum atomic E-state index is 13.0. The van der Waals surface area contributed by atoms with Crippen molar-refractivity contribution in [1.82, 2.24) is 0 Å². The molecule has 0 aliphatic rings. The van der Waals surface area contributed by atoms with Crippen LogP contribution in [0.3, 0.4) is 0 Å². The van der Waals surface area contributed by atoms with Gasteiger partial charge in [0.1, 0.15) is 5.82 Å². The fourth-order valence-corrected chi connectivity index (χ4v) is 2.48. The summed E-state index contributed by atoms with van der Waals surface area (Å²) in [7, 11) is 0. The van der Waals surface area contributed by atoms with Gasteiger partial charge in [0.15, 0.2) is 0 Å². The largest absolute Gasteiger partial charge is 0.478 e. The van der Waals surface area contributed by atoms with Gasteiger partial charge in [-0.05, 0) is 43.3 Å². The summed E-state index contributed by atoms with van der Waals surface area (Å²) in [5.41, 5.74) is 6.92. The minimum atomic E-state index is -1.13. The summed E-state index contributed by atoms with van der Waals surface area (Å²) in [6.45, 7) is 2.32. The number of aromatic carboxylic acids is 1. The van der Waals surface area contributed by atoms with Crippen LogP contribution in [0.1, 0.15) is 17.3 Å². The van der Waals surface area contributed by atoms with Crippen molar-refractivity contribution < 1.29 is 14.3 Å². The molecule has 4 nitrogen and oxygen atoms in total. The van der Waals surface area contributed by atoms with E-state index in [9.17, 15) is 14.3 Å². The van der Waals surface area contributed by atoms with Crippen molar-refractivity contribution in [3.05, 3.63) is 52.8 Å². The van der Waals surface area contributed by atoms with Gasteiger partial charge in [0.25, 0.3) is 0 Å². The molecule has 6 heteroatoms. The van der Waals surface area contributed by atoms with Gasteiger partial charge in [-0.15, -0.1) is 0 Å². The molecule has 0 aliphatic heterocycles. The van der Waals surface area contributed by atoms with Gasteiger partial charge in [-0.2, -0.15) is 0 Å². The maximum absolute atomic E-state index is 13.0. The first-order valence-electron chi connectivity index (χ1n) is 6.29. The van der Waals surface area contributed by atoms with Crippen LogP contribution in [0.25, 0.3) is 0 Å². The number of hydrogen-bond acceptors (Lipinski definition) is 3. The van der Waals surface area contributed by atoms with Gasteiger partial charge in [0, 0.05) is 17.9 Å². The van der Waals surface area contributed by atoms with E-state index in [2.05, 4.69) is 0 Å². The molecule has 0 aromatic heterocycles. The molecule has 0 heterocycles. The Bertz CT molecular complexity index is 674. The Morgan fingerprint density at radius 3 is 2.48 bits per heavy atom. The number of nitrogens with zero attached hydrogens (tertiary/aromatic N) is 1. The van der Waals surface area contributed by atoms with Crippen molar-refractivity contribution in [2.24, 2.45) is 0 Å². The molecule has 0 amide bonds. The molecule has 0 fully saturated rings. The highest BCUT2D eigenvalue weighted by Crippen LogP contribution is 2.36. The second kappa shape index (κ2) is 6.01. The molecule has 0 saturated heterocycles. The summed E-state index contributed by atoms with van der Waals surface area (Å²) < 4.78 is 13.0. The highest BCUT2D eigenvalue weighted by atomic mass is 35.5. The predicted octanol–water partition coefficient (Wildman–Crippen LogP) is 3.92. The van der Waals surface area contributed by atoms with Crippen molar-refractivity contribution in [3.8, 4) is 0 Å². The topological polar surface area (TPSA) is 66.6 Å². The van der Waals surface area contributed by atoms with Crippen LogP contribution >= 0.6 is 11.6 Å². The van der Waals surface area contributed by atoms with Gasteiger partial charge < -0.3 is 15.7 Å².